The van der Waals surface area contributed by atoms with E-state index in [1.165, 1.54) is 30.6 Å². The summed E-state index contributed by atoms with van der Waals surface area (Å²) in [5.41, 5.74) is 0.788. The highest BCUT2D eigenvalue weighted by molar-refractivity contribution is 5.99. The topological polar surface area (TPSA) is 67.2 Å². The second kappa shape index (κ2) is 5.13. The highest BCUT2D eigenvalue weighted by Gasteiger charge is 2.26. The van der Waals surface area contributed by atoms with Crippen molar-refractivity contribution < 1.29 is 9.59 Å². The van der Waals surface area contributed by atoms with Crippen LogP contribution in [0.1, 0.15) is 37.4 Å². The van der Waals surface area contributed by atoms with Crippen LogP contribution in [0.5, 0.6) is 0 Å². The molecule has 1 aliphatic heterocycles. The molecule has 0 atom stereocenters. The number of amides is 2. The molecule has 1 aromatic heterocycles. The van der Waals surface area contributed by atoms with E-state index >= 15 is 0 Å². The Morgan fingerprint density at radius 1 is 1.21 bits per heavy atom. The van der Waals surface area contributed by atoms with Crippen molar-refractivity contribution in [2.45, 2.75) is 38.3 Å². The summed E-state index contributed by atoms with van der Waals surface area (Å²) in [5, 5.41) is 7.29. The van der Waals surface area contributed by atoms with E-state index in [2.05, 4.69) is 10.4 Å². The first-order valence-electron chi connectivity index (χ1n) is 6.82. The Hall–Kier alpha value is -1.69. The lowest BCUT2D eigenvalue weighted by molar-refractivity contribution is -0.147. The second-order valence-corrected chi connectivity index (χ2v) is 5.20. The maximum Gasteiger partial charge on any atom is 0.243 e. The minimum Gasteiger partial charge on any atom is -0.300 e. The molecule has 3 rings (SSSR count). The average Bonchev–Trinajstić information content (AvgIpc) is 3.04. The van der Waals surface area contributed by atoms with Crippen molar-refractivity contribution in [3.8, 4) is 0 Å². The Bertz CT molecular complexity index is 475. The van der Waals surface area contributed by atoms with Gasteiger partial charge in [-0.3, -0.25) is 24.5 Å². The van der Waals surface area contributed by atoms with Gasteiger partial charge in [-0.25, -0.2) is 0 Å². The van der Waals surface area contributed by atoms with Crippen LogP contribution in [-0.4, -0.2) is 39.6 Å². The van der Waals surface area contributed by atoms with Crippen molar-refractivity contribution in [1.82, 2.24) is 20.0 Å². The van der Waals surface area contributed by atoms with Gasteiger partial charge < -0.3 is 0 Å². The van der Waals surface area contributed by atoms with Crippen LogP contribution >= 0.6 is 0 Å². The number of imide groups is 1. The van der Waals surface area contributed by atoms with Gasteiger partial charge in [0.05, 0.1) is 31.4 Å². The smallest absolute Gasteiger partial charge is 0.243 e. The molecule has 2 heterocycles. The van der Waals surface area contributed by atoms with Gasteiger partial charge in [0.15, 0.2) is 0 Å². The van der Waals surface area contributed by atoms with Crippen LogP contribution in [0.15, 0.2) is 12.3 Å². The maximum absolute atomic E-state index is 11.7. The van der Waals surface area contributed by atoms with Crippen molar-refractivity contribution in [2.24, 2.45) is 0 Å². The van der Waals surface area contributed by atoms with Crippen LogP contribution in [-0.2, 0) is 16.1 Å². The van der Waals surface area contributed by atoms with Crippen LogP contribution < -0.4 is 5.32 Å². The van der Waals surface area contributed by atoms with Crippen LogP contribution in [0.3, 0.4) is 0 Å². The highest BCUT2D eigenvalue weighted by Crippen LogP contribution is 2.28. The van der Waals surface area contributed by atoms with Gasteiger partial charge in [-0.1, -0.05) is 12.8 Å². The number of aromatic nitrogens is 2. The van der Waals surface area contributed by atoms with Gasteiger partial charge in [0, 0.05) is 6.20 Å². The molecular weight excluding hydrogens is 244 g/mol. The normalized spacial score (nSPS) is 21.4. The number of hydrogen-bond acceptors (Lipinski definition) is 4. The summed E-state index contributed by atoms with van der Waals surface area (Å²) >= 11 is 0. The standard InChI is InChI=1S/C13H18N4O2/c18-12-7-14-8-13(19)16(12)9-10-5-6-17(15-10)11-3-1-2-4-11/h5-6,11,14H,1-4,7-9H2. The first-order chi connectivity index (χ1) is 9.24. The molecule has 1 N–H and O–H groups in total. The van der Waals surface area contributed by atoms with Gasteiger partial charge in [-0.2, -0.15) is 5.10 Å². The number of hydrogen-bond donors (Lipinski definition) is 1. The van der Waals surface area contributed by atoms with Crippen molar-refractivity contribution in [1.29, 1.82) is 0 Å². The maximum atomic E-state index is 11.7. The summed E-state index contributed by atoms with van der Waals surface area (Å²) in [6.07, 6.45) is 6.82. The molecule has 2 amide bonds. The Labute approximate surface area is 111 Å². The minimum absolute atomic E-state index is 0.174. The van der Waals surface area contributed by atoms with Crippen molar-refractivity contribution in [2.75, 3.05) is 13.1 Å². The third-order valence-corrected chi connectivity index (χ3v) is 3.84. The molecule has 1 saturated heterocycles. The van der Waals surface area contributed by atoms with Gasteiger partial charge in [-0.15, -0.1) is 0 Å². The largest absolute Gasteiger partial charge is 0.300 e. The van der Waals surface area contributed by atoms with Crippen molar-refractivity contribution in [3.63, 3.8) is 0 Å². The summed E-state index contributed by atoms with van der Waals surface area (Å²) in [4.78, 5) is 24.6. The van der Waals surface area contributed by atoms with Gasteiger partial charge in [-0.05, 0) is 18.9 Å². The van der Waals surface area contributed by atoms with E-state index in [4.69, 9.17) is 0 Å². The molecule has 1 aliphatic carbocycles. The van der Waals surface area contributed by atoms with E-state index in [-0.39, 0.29) is 24.9 Å². The molecule has 0 unspecified atom stereocenters. The highest BCUT2D eigenvalue weighted by atomic mass is 16.2. The molecule has 2 aliphatic rings. The van der Waals surface area contributed by atoms with E-state index in [0.29, 0.717) is 12.6 Å². The molecule has 1 saturated carbocycles. The van der Waals surface area contributed by atoms with E-state index in [1.807, 2.05) is 16.9 Å². The summed E-state index contributed by atoms with van der Waals surface area (Å²) in [5.74, 6) is -0.349. The third kappa shape index (κ3) is 2.53. The third-order valence-electron chi connectivity index (χ3n) is 3.84. The molecule has 0 radical (unpaired) electrons. The van der Waals surface area contributed by atoms with Crippen molar-refractivity contribution in [3.05, 3.63) is 18.0 Å². The summed E-state index contributed by atoms with van der Waals surface area (Å²) in [6, 6.07) is 2.39. The average molecular weight is 262 g/mol. The Morgan fingerprint density at radius 3 is 2.58 bits per heavy atom. The fourth-order valence-electron chi connectivity index (χ4n) is 2.78. The van der Waals surface area contributed by atoms with Crippen molar-refractivity contribution >= 4 is 11.8 Å². The molecule has 6 heteroatoms. The van der Waals surface area contributed by atoms with Crippen LogP contribution in [0.25, 0.3) is 0 Å². The molecular formula is C13H18N4O2. The lowest BCUT2D eigenvalue weighted by Gasteiger charge is -2.24. The zero-order valence-corrected chi connectivity index (χ0v) is 10.8. The summed E-state index contributed by atoms with van der Waals surface area (Å²) in [7, 11) is 0. The number of piperazine rings is 1. The summed E-state index contributed by atoms with van der Waals surface area (Å²) < 4.78 is 1.99. The van der Waals surface area contributed by atoms with Crippen LogP contribution in [0.2, 0.25) is 0 Å². The first kappa shape index (κ1) is 12.3. The molecule has 19 heavy (non-hydrogen) atoms. The number of carbonyl (C=O) groups excluding carboxylic acids is 2. The fourth-order valence-corrected chi connectivity index (χ4v) is 2.78. The van der Waals surface area contributed by atoms with Gasteiger partial charge in [0.1, 0.15) is 0 Å². The predicted octanol–water partition coefficient (Wildman–Crippen LogP) is 0.457. The molecule has 6 nitrogen and oxygen atoms in total. The Morgan fingerprint density at radius 2 is 1.89 bits per heavy atom. The van der Waals surface area contributed by atoms with Gasteiger partial charge in [0.2, 0.25) is 11.8 Å². The number of rotatable bonds is 3. The number of carbonyl (C=O) groups is 2. The number of nitrogens with one attached hydrogen (secondary N) is 1. The monoisotopic (exact) mass is 262 g/mol. The van der Waals surface area contributed by atoms with E-state index < -0.39 is 0 Å². The van der Waals surface area contributed by atoms with Gasteiger partial charge in [0.25, 0.3) is 0 Å². The van der Waals surface area contributed by atoms with E-state index in [0.717, 1.165) is 5.69 Å². The van der Waals surface area contributed by atoms with E-state index in [9.17, 15) is 9.59 Å². The van der Waals surface area contributed by atoms with Gasteiger partial charge >= 0.3 is 0 Å². The quantitative estimate of drug-likeness (QED) is 0.803. The lowest BCUT2D eigenvalue weighted by Crippen LogP contribution is -2.51. The summed E-state index contributed by atoms with van der Waals surface area (Å²) in [6.45, 7) is 0.753. The van der Waals surface area contributed by atoms with E-state index in [1.54, 1.807) is 0 Å². The van der Waals surface area contributed by atoms with Crippen LogP contribution in [0, 0.1) is 0 Å². The SMILES string of the molecule is O=C1CNCC(=O)N1Cc1ccn(C2CCCC2)n1. The Balaban J connectivity index is 1.69. The fraction of sp³-hybridized carbons (Fsp3) is 0.615. The molecule has 0 spiro atoms. The lowest BCUT2D eigenvalue weighted by atomic mass is 10.3. The minimum atomic E-state index is -0.174. The Kier molecular flexibility index (Phi) is 3.33. The zero-order chi connectivity index (χ0) is 13.2. The second-order valence-electron chi connectivity index (χ2n) is 5.20. The zero-order valence-electron chi connectivity index (χ0n) is 10.8. The number of nitrogens with zero attached hydrogens (tertiary/aromatic N) is 3. The molecule has 0 bridgehead atoms. The molecule has 2 fully saturated rings. The predicted molar refractivity (Wildman–Crippen MR) is 68.2 cm³/mol. The first-order valence-corrected chi connectivity index (χ1v) is 6.82. The van der Waals surface area contributed by atoms with Crippen LogP contribution in [0.4, 0.5) is 0 Å². The molecule has 1 aromatic rings. The molecule has 0 aromatic carbocycles. The molecule has 102 valence electrons.